The molecular weight excluding hydrogens is 297 g/mol. The van der Waals surface area contributed by atoms with Gasteiger partial charge in [-0.3, -0.25) is 5.10 Å². The third-order valence-corrected chi connectivity index (χ3v) is 3.10. The van der Waals surface area contributed by atoms with Crippen molar-refractivity contribution in [1.29, 1.82) is 0 Å². The second-order valence-corrected chi connectivity index (χ2v) is 4.76. The smallest absolute Gasteiger partial charge is 0.416 e. The van der Waals surface area contributed by atoms with Gasteiger partial charge in [-0.25, -0.2) is 0 Å². The van der Waals surface area contributed by atoms with Gasteiger partial charge in [0.05, 0.1) is 17.9 Å². The van der Waals surface area contributed by atoms with E-state index in [9.17, 15) is 13.2 Å². The molecule has 7 heteroatoms. The van der Waals surface area contributed by atoms with Crippen LogP contribution in [0, 0.1) is 13.8 Å². The molecule has 1 radical (unpaired) electrons. The lowest BCUT2D eigenvalue weighted by molar-refractivity contribution is -0.137. The summed E-state index contributed by atoms with van der Waals surface area (Å²) >= 11 is 0. The Morgan fingerprint density at radius 3 is 2.50 bits per heavy atom. The Balaban J connectivity index is 2.47. The fourth-order valence-electron chi connectivity index (χ4n) is 2.10. The van der Waals surface area contributed by atoms with Crippen LogP contribution < -0.4 is 4.74 Å². The minimum Gasteiger partial charge on any atom is -0.491 e. The summed E-state index contributed by atoms with van der Waals surface area (Å²) < 4.78 is 49.3. The number of rotatable bonds is 5. The predicted molar refractivity (Wildman–Crippen MR) is 75.6 cm³/mol. The number of nitrogens with one attached hydrogen (secondary N) is 1. The van der Waals surface area contributed by atoms with Crippen LogP contribution in [-0.2, 0) is 10.9 Å². The Hall–Kier alpha value is -2.02. The van der Waals surface area contributed by atoms with Crippen LogP contribution in [0.4, 0.5) is 13.2 Å². The van der Waals surface area contributed by atoms with Crippen LogP contribution >= 0.6 is 0 Å². The Morgan fingerprint density at radius 1 is 1.23 bits per heavy atom. The third-order valence-electron chi connectivity index (χ3n) is 3.10. The van der Waals surface area contributed by atoms with Crippen LogP contribution in [0.2, 0.25) is 0 Å². The van der Waals surface area contributed by atoms with Crippen molar-refractivity contribution in [2.24, 2.45) is 0 Å². The summed E-state index contributed by atoms with van der Waals surface area (Å²) in [5.74, 6) is 0.127. The molecule has 22 heavy (non-hydrogen) atoms. The second kappa shape index (κ2) is 6.39. The van der Waals surface area contributed by atoms with Gasteiger partial charge in [-0.2, -0.15) is 18.3 Å². The van der Waals surface area contributed by atoms with E-state index in [4.69, 9.17) is 9.47 Å². The first-order valence-corrected chi connectivity index (χ1v) is 6.54. The number of ether oxygens (including phenoxy) is 2. The first-order chi connectivity index (χ1) is 10.3. The highest BCUT2D eigenvalue weighted by atomic mass is 19.4. The van der Waals surface area contributed by atoms with E-state index >= 15 is 0 Å². The molecule has 0 saturated heterocycles. The van der Waals surface area contributed by atoms with Crippen molar-refractivity contribution in [3.8, 4) is 16.9 Å². The number of aromatic amines is 1. The molecule has 1 N–H and O–H groups in total. The van der Waals surface area contributed by atoms with Gasteiger partial charge in [0.15, 0.2) is 0 Å². The Bertz CT molecular complexity index is 631. The summed E-state index contributed by atoms with van der Waals surface area (Å²) in [6.07, 6.45) is -4.46. The predicted octanol–water partition coefficient (Wildman–Crippen LogP) is 3.61. The first kappa shape index (κ1) is 16.4. The van der Waals surface area contributed by atoms with Gasteiger partial charge >= 0.3 is 6.18 Å². The summed E-state index contributed by atoms with van der Waals surface area (Å²) in [5, 5.41) is 6.62. The van der Waals surface area contributed by atoms with E-state index in [0.29, 0.717) is 22.5 Å². The number of methoxy groups -OCH3 is 1. The molecule has 0 amide bonds. The van der Waals surface area contributed by atoms with Crippen molar-refractivity contribution in [3.63, 3.8) is 0 Å². The average molecular weight is 313 g/mol. The van der Waals surface area contributed by atoms with Gasteiger partial charge in [0.1, 0.15) is 12.4 Å². The molecule has 0 aliphatic carbocycles. The highest BCUT2D eigenvalue weighted by molar-refractivity contribution is 5.71. The summed E-state index contributed by atoms with van der Waals surface area (Å²) in [6, 6.07) is 3.57. The Labute approximate surface area is 126 Å². The van der Waals surface area contributed by atoms with Crippen LogP contribution in [0.25, 0.3) is 11.1 Å². The minimum atomic E-state index is -4.46. The quantitative estimate of drug-likeness (QED) is 0.858. The van der Waals surface area contributed by atoms with Crippen LogP contribution in [0.15, 0.2) is 18.2 Å². The summed E-state index contributed by atoms with van der Waals surface area (Å²) in [7, 11) is 1.49. The molecule has 0 saturated carbocycles. The molecule has 0 atom stereocenters. The third kappa shape index (κ3) is 3.59. The number of aryl methyl sites for hydroxylation is 1. The number of halogens is 3. The van der Waals surface area contributed by atoms with Crippen LogP contribution in [0.3, 0.4) is 0 Å². The van der Waals surface area contributed by atoms with Crippen molar-refractivity contribution >= 4 is 0 Å². The number of nitrogens with zero attached hydrogens (tertiary/aromatic N) is 1. The molecule has 0 fully saturated rings. The van der Waals surface area contributed by atoms with Crippen LogP contribution in [0.5, 0.6) is 5.75 Å². The molecule has 4 nitrogen and oxygen atoms in total. The van der Waals surface area contributed by atoms with Gasteiger partial charge in [-0.05, 0) is 37.6 Å². The van der Waals surface area contributed by atoms with Gasteiger partial charge < -0.3 is 9.47 Å². The molecule has 119 valence electrons. The van der Waals surface area contributed by atoms with Crippen molar-refractivity contribution in [2.75, 3.05) is 20.3 Å². The van der Waals surface area contributed by atoms with Gasteiger partial charge in [-0.1, -0.05) is 0 Å². The molecule has 1 heterocycles. The number of hydrogen-bond donors (Lipinski definition) is 1. The number of H-pyrrole nitrogens is 1. The summed E-state index contributed by atoms with van der Waals surface area (Å²) in [5.41, 5.74) is 1.16. The van der Waals surface area contributed by atoms with Gasteiger partial charge in [0.25, 0.3) is 0 Å². The average Bonchev–Trinajstić information content (AvgIpc) is 2.77. The molecular formula is C15H16F3N2O2. The largest absolute Gasteiger partial charge is 0.491 e. The van der Waals surface area contributed by atoms with Crippen molar-refractivity contribution in [2.45, 2.75) is 13.1 Å². The highest BCUT2D eigenvalue weighted by Gasteiger charge is 2.32. The lowest BCUT2D eigenvalue weighted by Gasteiger charge is -2.13. The highest BCUT2D eigenvalue weighted by Crippen LogP contribution is 2.37. The molecule has 0 spiro atoms. The molecule has 1 aromatic heterocycles. The van der Waals surface area contributed by atoms with Crippen molar-refractivity contribution < 1.29 is 22.6 Å². The molecule has 1 aromatic carbocycles. The van der Waals surface area contributed by atoms with E-state index in [0.717, 1.165) is 12.1 Å². The maximum Gasteiger partial charge on any atom is 0.416 e. The molecule has 0 aliphatic rings. The Morgan fingerprint density at radius 2 is 1.95 bits per heavy atom. The van der Waals surface area contributed by atoms with Gasteiger partial charge in [0.2, 0.25) is 0 Å². The fourth-order valence-corrected chi connectivity index (χ4v) is 2.10. The van der Waals surface area contributed by atoms with E-state index in [2.05, 4.69) is 17.1 Å². The van der Waals surface area contributed by atoms with E-state index in [1.807, 2.05) is 0 Å². The molecule has 0 bridgehead atoms. The second-order valence-electron chi connectivity index (χ2n) is 4.76. The molecule has 0 unspecified atom stereocenters. The molecule has 2 aromatic rings. The first-order valence-electron chi connectivity index (χ1n) is 6.54. The molecule has 0 aliphatic heterocycles. The zero-order chi connectivity index (χ0) is 16.3. The SMILES string of the molecule is [CH2]c1n[nH]c(C)c1-c1cc(OCCOC)cc(C(F)(F)F)c1. The number of hydrogen-bond acceptors (Lipinski definition) is 3. The zero-order valence-electron chi connectivity index (χ0n) is 12.3. The lowest BCUT2D eigenvalue weighted by Crippen LogP contribution is -2.08. The standard InChI is InChI=1S/C15H16F3N2O2/c1-9-14(10(2)20-19-9)11-6-12(15(16,17)18)8-13(7-11)22-5-4-21-3/h6-8H,1,4-5H2,2-3H3,(H,19,20). The topological polar surface area (TPSA) is 47.1 Å². The summed E-state index contributed by atoms with van der Waals surface area (Å²) in [4.78, 5) is 0. The lowest BCUT2D eigenvalue weighted by atomic mass is 10.0. The minimum absolute atomic E-state index is 0.127. The normalized spacial score (nSPS) is 11.7. The fraction of sp³-hybridized carbons (Fsp3) is 0.333. The van der Waals surface area contributed by atoms with E-state index < -0.39 is 11.7 Å². The number of alkyl halides is 3. The van der Waals surface area contributed by atoms with Crippen LogP contribution in [-0.4, -0.2) is 30.5 Å². The van der Waals surface area contributed by atoms with Gasteiger partial charge in [0, 0.05) is 18.4 Å². The maximum atomic E-state index is 13.1. The van der Waals surface area contributed by atoms with Crippen molar-refractivity contribution in [1.82, 2.24) is 10.2 Å². The molecule has 2 rings (SSSR count). The van der Waals surface area contributed by atoms with E-state index in [1.165, 1.54) is 13.2 Å². The zero-order valence-corrected chi connectivity index (χ0v) is 12.3. The monoisotopic (exact) mass is 313 g/mol. The van der Waals surface area contributed by atoms with Crippen LogP contribution in [0.1, 0.15) is 17.0 Å². The Kier molecular flexibility index (Phi) is 4.75. The van der Waals surface area contributed by atoms with Gasteiger partial charge in [-0.15, -0.1) is 0 Å². The van der Waals surface area contributed by atoms with Crippen molar-refractivity contribution in [3.05, 3.63) is 42.1 Å². The number of aromatic nitrogens is 2. The maximum absolute atomic E-state index is 13.1. The summed E-state index contributed by atoms with van der Waals surface area (Å²) in [6.45, 7) is 5.91. The van der Waals surface area contributed by atoms with E-state index in [1.54, 1.807) is 6.92 Å². The van der Waals surface area contributed by atoms with E-state index in [-0.39, 0.29) is 19.0 Å². The number of benzene rings is 1.